The van der Waals surface area contributed by atoms with Gasteiger partial charge in [0.25, 0.3) is 5.56 Å². The molecule has 3 aromatic rings. The molecule has 0 atom stereocenters. The average molecular weight is 430 g/mol. The molecule has 0 saturated heterocycles. The molecule has 0 saturated carbocycles. The molecular formula is C16H11BrCl2N2OS. The lowest BCUT2D eigenvalue weighted by Crippen LogP contribution is -2.15. The van der Waals surface area contributed by atoms with E-state index in [9.17, 15) is 4.79 Å². The van der Waals surface area contributed by atoms with Crippen LogP contribution >= 0.6 is 50.9 Å². The fraction of sp³-hybridized carbons (Fsp3) is 0.125. The van der Waals surface area contributed by atoms with Crippen LogP contribution in [0.2, 0.25) is 10.0 Å². The van der Waals surface area contributed by atoms with Gasteiger partial charge in [-0.2, -0.15) is 11.8 Å². The highest BCUT2D eigenvalue weighted by Crippen LogP contribution is 2.25. The van der Waals surface area contributed by atoms with E-state index >= 15 is 0 Å². The van der Waals surface area contributed by atoms with Crippen LogP contribution in [0.3, 0.4) is 0 Å². The molecule has 118 valence electrons. The van der Waals surface area contributed by atoms with Crippen molar-refractivity contribution in [3.8, 4) is 0 Å². The van der Waals surface area contributed by atoms with Crippen molar-refractivity contribution in [2.45, 2.75) is 11.5 Å². The number of benzene rings is 1. The molecule has 3 nitrogen and oxygen atoms in total. The highest BCUT2D eigenvalue weighted by atomic mass is 79.9. The second kappa shape index (κ2) is 7.26. The number of rotatable bonds is 4. The molecule has 0 radical (unpaired) electrons. The Labute approximate surface area is 155 Å². The first-order valence-electron chi connectivity index (χ1n) is 6.72. The Morgan fingerprint density at radius 3 is 2.70 bits per heavy atom. The van der Waals surface area contributed by atoms with Crippen molar-refractivity contribution in [2.24, 2.45) is 0 Å². The van der Waals surface area contributed by atoms with Crippen LogP contribution in [0, 0.1) is 0 Å². The third-order valence-corrected chi connectivity index (χ3v) is 5.42. The van der Waals surface area contributed by atoms with Gasteiger partial charge < -0.3 is 0 Å². The van der Waals surface area contributed by atoms with Gasteiger partial charge in [0, 0.05) is 28.2 Å². The molecule has 0 unspecified atom stereocenters. The van der Waals surface area contributed by atoms with Crippen molar-refractivity contribution in [1.82, 2.24) is 9.38 Å². The van der Waals surface area contributed by atoms with Crippen molar-refractivity contribution >= 4 is 56.5 Å². The normalized spacial score (nSPS) is 11.1. The summed E-state index contributed by atoms with van der Waals surface area (Å²) in [6, 6.07) is 10.9. The summed E-state index contributed by atoms with van der Waals surface area (Å²) in [5.74, 6) is 1.43. The van der Waals surface area contributed by atoms with E-state index in [1.54, 1.807) is 30.1 Å². The molecule has 2 aromatic heterocycles. The van der Waals surface area contributed by atoms with Gasteiger partial charge in [-0.3, -0.25) is 9.20 Å². The van der Waals surface area contributed by atoms with E-state index in [4.69, 9.17) is 23.2 Å². The standard InChI is InChI=1S/C16H11BrCl2N2OS/c17-11-2-4-15-20-12(6-16(22)21(15)7-11)9-23-8-10-1-3-13(18)14(19)5-10/h1-7H,8-9H2. The molecule has 7 heteroatoms. The van der Waals surface area contributed by atoms with Crippen molar-refractivity contribution in [3.63, 3.8) is 0 Å². The van der Waals surface area contributed by atoms with Crippen molar-refractivity contribution < 1.29 is 0 Å². The monoisotopic (exact) mass is 428 g/mol. The van der Waals surface area contributed by atoms with E-state index in [0.717, 1.165) is 21.5 Å². The Hall–Kier alpha value is -1.01. The lowest BCUT2D eigenvalue weighted by molar-refractivity contribution is 1.01. The zero-order chi connectivity index (χ0) is 16.4. The summed E-state index contributed by atoms with van der Waals surface area (Å²) >= 11 is 16.9. The highest BCUT2D eigenvalue weighted by molar-refractivity contribution is 9.10. The summed E-state index contributed by atoms with van der Waals surface area (Å²) in [4.78, 5) is 16.6. The first-order chi connectivity index (χ1) is 11.0. The number of nitrogens with zero attached hydrogens (tertiary/aromatic N) is 2. The van der Waals surface area contributed by atoms with E-state index in [0.29, 0.717) is 21.4 Å². The van der Waals surface area contributed by atoms with Crippen molar-refractivity contribution in [1.29, 1.82) is 0 Å². The van der Waals surface area contributed by atoms with Gasteiger partial charge in [-0.15, -0.1) is 0 Å². The van der Waals surface area contributed by atoms with Crippen LogP contribution in [-0.2, 0) is 11.5 Å². The van der Waals surface area contributed by atoms with Crippen LogP contribution in [0.15, 0.2) is 51.9 Å². The number of pyridine rings is 1. The minimum absolute atomic E-state index is 0.0820. The van der Waals surface area contributed by atoms with Gasteiger partial charge in [-0.05, 0) is 45.8 Å². The molecule has 0 amide bonds. The van der Waals surface area contributed by atoms with Gasteiger partial charge in [0.05, 0.1) is 15.7 Å². The first kappa shape index (κ1) is 16.8. The van der Waals surface area contributed by atoms with Crippen molar-refractivity contribution in [2.75, 3.05) is 0 Å². The van der Waals surface area contributed by atoms with Crippen LogP contribution in [0.5, 0.6) is 0 Å². The maximum absolute atomic E-state index is 12.1. The number of aromatic nitrogens is 2. The van der Waals surface area contributed by atoms with Crippen LogP contribution in [0.1, 0.15) is 11.3 Å². The van der Waals surface area contributed by atoms with Crippen molar-refractivity contribution in [3.05, 3.63) is 78.7 Å². The lowest BCUT2D eigenvalue weighted by Gasteiger charge is -2.05. The molecule has 2 heterocycles. The topological polar surface area (TPSA) is 34.4 Å². The summed E-state index contributed by atoms with van der Waals surface area (Å²) in [7, 11) is 0. The minimum atomic E-state index is -0.0820. The summed E-state index contributed by atoms with van der Waals surface area (Å²) < 4.78 is 2.37. The SMILES string of the molecule is O=c1cc(CSCc2ccc(Cl)c(Cl)c2)nc2ccc(Br)cn12. The predicted molar refractivity (Wildman–Crippen MR) is 101 cm³/mol. The number of halogens is 3. The summed E-state index contributed by atoms with van der Waals surface area (Å²) in [6.45, 7) is 0. The summed E-state index contributed by atoms with van der Waals surface area (Å²) in [6.07, 6.45) is 1.72. The Balaban J connectivity index is 1.73. The summed E-state index contributed by atoms with van der Waals surface area (Å²) in [5.41, 5.74) is 2.42. The highest BCUT2D eigenvalue weighted by Gasteiger charge is 2.04. The third kappa shape index (κ3) is 4.10. The molecule has 0 bridgehead atoms. The number of thioether (sulfide) groups is 1. The fourth-order valence-corrected chi connectivity index (χ4v) is 3.63. The first-order valence-corrected chi connectivity index (χ1v) is 9.43. The largest absolute Gasteiger partial charge is 0.269 e. The maximum atomic E-state index is 12.1. The van der Waals surface area contributed by atoms with Gasteiger partial charge in [-0.1, -0.05) is 29.3 Å². The molecule has 1 aromatic carbocycles. The van der Waals surface area contributed by atoms with Gasteiger partial charge in [0.15, 0.2) is 0 Å². The fourth-order valence-electron chi connectivity index (χ4n) is 2.10. The zero-order valence-electron chi connectivity index (χ0n) is 11.8. The zero-order valence-corrected chi connectivity index (χ0v) is 15.7. The molecule has 0 aliphatic carbocycles. The molecule has 0 aliphatic rings. The van der Waals surface area contributed by atoms with E-state index in [1.165, 1.54) is 4.40 Å². The average Bonchev–Trinajstić information content (AvgIpc) is 2.52. The Kier molecular flexibility index (Phi) is 5.31. The number of fused-ring (bicyclic) bond motifs is 1. The van der Waals surface area contributed by atoms with E-state index in [1.807, 2.05) is 24.3 Å². The Bertz CT molecular complexity index is 930. The third-order valence-electron chi connectivity index (χ3n) is 3.18. The van der Waals surface area contributed by atoms with Gasteiger partial charge in [0.1, 0.15) is 5.65 Å². The molecule has 0 aliphatic heterocycles. The molecule has 0 spiro atoms. The molecule has 23 heavy (non-hydrogen) atoms. The second-order valence-electron chi connectivity index (χ2n) is 4.90. The second-order valence-corrected chi connectivity index (χ2v) is 7.62. The Morgan fingerprint density at radius 1 is 1.09 bits per heavy atom. The number of hydrogen-bond acceptors (Lipinski definition) is 3. The van der Waals surface area contributed by atoms with Crippen LogP contribution in [0.25, 0.3) is 5.65 Å². The molecule has 0 fully saturated rings. The predicted octanol–water partition coefficient (Wildman–Crippen LogP) is 5.20. The Morgan fingerprint density at radius 2 is 1.91 bits per heavy atom. The smallest absolute Gasteiger partial charge is 0.258 e. The molecular weight excluding hydrogens is 419 g/mol. The van der Waals surface area contributed by atoms with Crippen LogP contribution in [-0.4, -0.2) is 9.38 Å². The number of hydrogen-bond donors (Lipinski definition) is 0. The van der Waals surface area contributed by atoms with E-state index < -0.39 is 0 Å². The molecule has 3 rings (SSSR count). The minimum Gasteiger partial charge on any atom is -0.269 e. The van der Waals surface area contributed by atoms with Gasteiger partial charge in [0.2, 0.25) is 0 Å². The summed E-state index contributed by atoms with van der Waals surface area (Å²) in [5, 5.41) is 1.10. The van der Waals surface area contributed by atoms with E-state index in [-0.39, 0.29) is 5.56 Å². The van der Waals surface area contributed by atoms with Gasteiger partial charge >= 0.3 is 0 Å². The molecule has 0 N–H and O–H groups in total. The van der Waals surface area contributed by atoms with Gasteiger partial charge in [-0.25, -0.2) is 4.98 Å². The maximum Gasteiger partial charge on any atom is 0.258 e. The van der Waals surface area contributed by atoms with Crippen LogP contribution in [0.4, 0.5) is 0 Å². The van der Waals surface area contributed by atoms with Crippen LogP contribution < -0.4 is 5.56 Å². The quantitative estimate of drug-likeness (QED) is 0.571. The lowest BCUT2D eigenvalue weighted by atomic mass is 10.2. The van der Waals surface area contributed by atoms with E-state index in [2.05, 4.69) is 20.9 Å².